The van der Waals surface area contributed by atoms with Crippen LogP contribution < -0.4 is 5.73 Å². The van der Waals surface area contributed by atoms with Gasteiger partial charge in [0.25, 0.3) is 0 Å². The largest absolute Gasteiger partial charge is 0.409 e. The van der Waals surface area contributed by atoms with Crippen LogP contribution in [0.15, 0.2) is 23.5 Å². The smallest absolute Gasteiger partial charge is 0.171 e. The van der Waals surface area contributed by atoms with Crippen LogP contribution >= 0.6 is 0 Å². The summed E-state index contributed by atoms with van der Waals surface area (Å²) in [6, 6.07) is 3.39. The fraction of sp³-hybridized carbons (Fsp3) is 0.571. The second kappa shape index (κ2) is 5.25. The zero-order chi connectivity index (χ0) is 14.9. The van der Waals surface area contributed by atoms with E-state index < -0.39 is 11.4 Å². The summed E-state index contributed by atoms with van der Waals surface area (Å²) in [5.74, 6) is -0.517. The van der Waals surface area contributed by atoms with Crippen molar-refractivity contribution in [1.29, 1.82) is 0 Å². The quantitative estimate of drug-likeness (QED) is 0.320. The first-order valence-electron chi connectivity index (χ1n) is 7.02. The predicted molar refractivity (Wildman–Crippen MR) is 73.7 cm³/mol. The summed E-state index contributed by atoms with van der Waals surface area (Å²) in [6.07, 6.45) is 3.85. The van der Waals surface area contributed by atoms with Gasteiger partial charge in [-0.05, 0) is 25.0 Å². The number of aromatic nitrogens is 1. The minimum atomic E-state index is -0.982. The third kappa shape index (κ3) is 2.59. The average Bonchev–Trinajstić information content (AvgIpc) is 2.99. The van der Waals surface area contributed by atoms with Crippen LogP contribution in [0.5, 0.6) is 0 Å². The van der Waals surface area contributed by atoms with Gasteiger partial charge in [0, 0.05) is 24.6 Å². The Labute approximate surface area is 122 Å². The molecule has 1 saturated heterocycles. The molecule has 2 heterocycles. The predicted octanol–water partition coefficient (Wildman–Crippen LogP) is 0.681. The normalized spacial score (nSPS) is 24.3. The molecule has 1 aliphatic heterocycles. The van der Waals surface area contributed by atoms with Crippen LogP contribution in [0, 0.1) is 0 Å². The molecule has 0 unspecified atom stereocenters. The van der Waals surface area contributed by atoms with Gasteiger partial charge < -0.3 is 25.5 Å². The maximum atomic E-state index is 10.8. The Hall–Kier alpha value is -1.70. The van der Waals surface area contributed by atoms with Gasteiger partial charge in [0.05, 0.1) is 18.9 Å². The molecule has 1 aromatic rings. The summed E-state index contributed by atoms with van der Waals surface area (Å²) < 4.78 is 11.3. The van der Waals surface area contributed by atoms with E-state index >= 15 is 0 Å². The van der Waals surface area contributed by atoms with Gasteiger partial charge in [0.2, 0.25) is 0 Å². The minimum Gasteiger partial charge on any atom is -0.409 e. The van der Waals surface area contributed by atoms with Gasteiger partial charge in [0.15, 0.2) is 11.6 Å². The standard InChI is InChI=1S/C14H19N3O4/c15-12(17-19)10-1-2-11(16-9-10)13(18)3-5-14(6-4-13)20-7-8-21-14/h1-2,9,18-19H,3-8H2,(H2,15,17). The van der Waals surface area contributed by atoms with Crippen LogP contribution in [0.2, 0.25) is 0 Å². The highest BCUT2D eigenvalue weighted by Gasteiger charge is 2.46. The molecule has 21 heavy (non-hydrogen) atoms. The van der Waals surface area contributed by atoms with Crippen LogP contribution in [0.4, 0.5) is 0 Å². The molecule has 0 aromatic carbocycles. The number of nitrogens with two attached hydrogens (primary N) is 1. The maximum absolute atomic E-state index is 10.8. The number of ether oxygens (including phenoxy) is 2. The van der Waals surface area contributed by atoms with Crippen molar-refractivity contribution in [3.8, 4) is 0 Å². The van der Waals surface area contributed by atoms with Crippen LogP contribution in [0.3, 0.4) is 0 Å². The maximum Gasteiger partial charge on any atom is 0.171 e. The number of oxime groups is 1. The highest BCUT2D eigenvalue weighted by molar-refractivity contribution is 5.96. The summed E-state index contributed by atoms with van der Waals surface area (Å²) in [6.45, 7) is 1.23. The lowest BCUT2D eigenvalue weighted by atomic mass is 9.79. The second-order valence-corrected chi connectivity index (χ2v) is 5.56. The number of amidine groups is 1. The molecular weight excluding hydrogens is 274 g/mol. The van der Waals surface area contributed by atoms with Gasteiger partial charge in [-0.2, -0.15) is 0 Å². The molecular formula is C14H19N3O4. The van der Waals surface area contributed by atoms with E-state index in [0.717, 1.165) is 0 Å². The van der Waals surface area contributed by atoms with Crippen LogP contribution in [0.25, 0.3) is 0 Å². The van der Waals surface area contributed by atoms with Crippen molar-refractivity contribution in [1.82, 2.24) is 4.98 Å². The second-order valence-electron chi connectivity index (χ2n) is 5.56. The van der Waals surface area contributed by atoms with Crippen molar-refractivity contribution in [2.45, 2.75) is 37.1 Å². The van der Waals surface area contributed by atoms with Crippen molar-refractivity contribution in [2.75, 3.05) is 13.2 Å². The van der Waals surface area contributed by atoms with E-state index in [9.17, 15) is 5.11 Å². The monoisotopic (exact) mass is 293 g/mol. The van der Waals surface area contributed by atoms with Crippen molar-refractivity contribution in [3.05, 3.63) is 29.6 Å². The first-order valence-corrected chi connectivity index (χ1v) is 7.02. The van der Waals surface area contributed by atoms with Crippen molar-refractivity contribution in [2.24, 2.45) is 10.9 Å². The number of hydrogen-bond acceptors (Lipinski definition) is 6. The van der Waals surface area contributed by atoms with E-state index in [0.29, 0.717) is 50.2 Å². The Kier molecular flexibility index (Phi) is 3.56. The van der Waals surface area contributed by atoms with Gasteiger partial charge in [-0.15, -0.1) is 0 Å². The first kappa shape index (κ1) is 14.2. The molecule has 1 saturated carbocycles. The third-order valence-electron chi connectivity index (χ3n) is 4.30. The number of aliphatic hydroxyl groups is 1. The molecule has 0 amide bonds. The Balaban J connectivity index is 1.74. The lowest BCUT2D eigenvalue weighted by Crippen LogP contribution is -2.42. The van der Waals surface area contributed by atoms with E-state index in [-0.39, 0.29) is 5.84 Å². The molecule has 7 nitrogen and oxygen atoms in total. The Morgan fingerprint density at radius 2 is 1.86 bits per heavy atom. The van der Waals surface area contributed by atoms with Crippen LogP contribution in [-0.4, -0.2) is 40.1 Å². The fourth-order valence-electron chi connectivity index (χ4n) is 2.96. The first-order chi connectivity index (χ1) is 10.1. The van der Waals surface area contributed by atoms with Crippen molar-refractivity contribution >= 4 is 5.84 Å². The molecule has 114 valence electrons. The number of pyridine rings is 1. The summed E-state index contributed by atoms with van der Waals surface area (Å²) in [5.41, 5.74) is 5.62. The molecule has 0 atom stereocenters. The third-order valence-corrected chi connectivity index (χ3v) is 4.30. The van der Waals surface area contributed by atoms with Gasteiger partial charge >= 0.3 is 0 Å². The van der Waals surface area contributed by atoms with Gasteiger partial charge in [0.1, 0.15) is 5.60 Å². The highest BCUT2D eigenvalue weighted by atomic mass is 16.7. The molecule has 0 radical (unpaired) electrons. The Morgan fingerprint density at radius 3 is 2.38 bits per heavy atom. The molecule has 1 spiro atoms. The van der Waals surface area contributed by atoms with Gasteiger partial charge in [-0.1, -0.05) is 5.16 Å². The molecule has 7 heteroatoms. The fourth-order valence-corrected chi connectivity index (χ4v) is 2.96. The summed E-state index contributed by atoms with van der Waals surface area (Å²) in [7, 11) is 0. The topological polar surface area (TPSA) is 110 Å². The lowest BCUT2D eigenvalue weighted by Gasteiger charge is -2.40. The van der Waals surface area contributed by atoms with Gasteiger partial charge in [-0.3, -0.25) is 4.98 Å². The lowest BCUT2D eigenvalue weighted by molar-refractivity contribution is -0.204. The van der Waals surface area contributed by atoms with E-state index in [4.69, 9.17) is 20.4 Å². The van der Waals surface area contributed by atoms with Gasteiger partial charge in [-0.25, -0.2) is 0 Å². The SMILES string of the molecule is N/C(=N/O)c1ccc(C2(O)CCC3(CC2)OCCO3)nc1. The molecule has 0 bridgehead atoms. The van der Waals surface area contributed by atoms with Crippen molar-refractivity contribution in [3.63, 3.8) is 0 Å². The zero-order valence-electron chi connectivity index (χ0n) is 11.7. The van der Waals surface area contributed by atoms with E-state index in [2.05, 4.69) is 10.1 Å². The highest BCUT2D eigenvalue weighted by Crippen LogP contribution is 2.44. The molecule has 3 rings (SSSR count). The number of rotatable bonds is 2. The molecule has 1 aliphatic carbocycles. The van der Waals surface area contributed by atoms with Crippen LogP contribution in [-0.2, 0) is 15.1 Å². The summed E-state index contributed by atoms with van der Waals surface area (Å²) >= 11 is 0. The van der Waals surface area contributed by atoms with E-state index in [1.54, 1.807) is 12.1 Å². The zero-order valence-corrected chi connectivity index (χ0v) is 11.7. The number of hydrogen-bond donors (Lipinski definition) is 3. The molecule has 2 aliphatic rings. The van der Waals surface area contributed by atoms with Crippen molar-refractivity contribution < 1.29 is 19.8 Å². The Morgan fingerprint density at radius 1 is 1.19 bits per heavy atom. The summed E-state index contributed by atoms with van der Waals surface area (Å²) in [5, 5.41) is 22.3. The average molecular weight is 293 g/mol. The molecule has 1 aromatic heterocycles. The number of nitrogens with zero attached hydrogens (tertiary/aromatic N) is 2. The molecule has 2 fully saturated rings. The molecule has 4 N–H and O–H groups in total. The minimum absolute atomic E-state index is 0.00334. The Bertz CT molecular complexity index is 528. The van der Waals surface area contributed by atoms with E-state index in [1.165, 1.54) is 6.20 Å². The summed E-state index contributed by atoms with van der Waals surface area (Å²) in [4.78, 5) is 4.25. The van der Waals surface area contributed by atoms with E-state index in [1.807, 2.05) is 0 Å². The van der Waals surface area contributed by atoms with Crippen LogP contribution in [0.1, 0.15) is 36.9 Å².